The number of hydrogen-bond acceptors (Lipinski definition) is 4. The van der Waals surface area contributed by atoms with Crippen LogP contribution in [0.2, 0.25) is 0 Å². The fourth-order valence-electron chi connectivity index (χ4n) is 1.69. The third-order valence-corrected chi connectivity index (χ3v) is 2.45. The zero-order valence-electron chi connectivity index (χ0n) is 11.2. The quantitative estimate of drug-likeness (QED) is 0.835. The minimum Gasteiger partial charge on any atom is -0.351 e. The Kier molecular flexibility index (Phi) is 4.57. The predicted molar refractivity (Wildman–Crippen MR) is 67.1 cm³/mol. The van der Waals surface area contributed by atoms with Crippen molar-refractivity contribution in [2.45, 2.75) is 20.8 Å². The molecule has 5 heteroatoms. The lowest BCUT2D eigenvalue weighted by molar-refractivity contribution is 0.0949. The molecule has 0 aliphatic carbocycles. The first-order valence-corrected chi connectivity index (χ1v) is 5.66. The first-order chi connectivity index (χ1) is 7.91. The molecule has 1 amide bonds. The lowest BCUT2D eigenvalue weighted by atomic mass is 10.1. The van der Waals surface area contributed by atoms with Gasteiger partial charge in [-0.3, -0.25) is 4.79 Å². The lowest BCUT2D eigenvalue weighted by Crippen LogP contribution is -2.32. The molecule has 0 spiro atoms. The van der Waals surface area contributed by atoms with Crippen LogP contribution < -0.4 is 5.32 Å². The molecule has 0 aliphatic heterocycles. The van der Waals surface area contributed by atoms with Crippen LogP contribution in [0.1, 0.15) is 27.6 Å². The summed E-state index contributed by atoms with van der Waals surface area (Å²) < 4.78 is 0. The van der Waals surface area contributed by atoms with Gasteiger partial charge in [-0.05, 0) is 34.9 Å². The maximum atomic E-state index is 12.0. The van der Waals surface area contributed by atoms with E-state index in [-0.39, 0.29) is 5.91 Å². The van der Waals surface area contributed by atoms with Crippen molar-refractivity contribution >= 4 is 5.91 Å². The third-order valence-electron chi connectivity index (χ3n) is 2.45. The van der Waals surface area contributed by atoms with Gasteiger partial charge in [-0.2, -0.15) is 0 Å². The van der Waals surface area contributed by atoms with Crippen molar-refractivity contribution in [1.82, 2.24) is 20.2 Å². The second-order valence-corrected chi connectivity index (χ2v) is 4.38. The minimum absolute atomic E-state index is 0.0955. The summed E-state index contributed by atoms with van der Waals surface area (Å²) in [5.74, 6) is 0.603. The molecule has 0 unspecified atom stereocenters. The largest absolute Gasteiger partial charge is 0.351 e. The van der Waals surface area contributed by atoms with Crippen LogP contribution in [0.4, 0.5) is 0 Å². The highest BCUT2D eigenvalue weighted by molar-refractivity contribution is 5.96. The maximum Gasteiger partial charge on any atom is 0.255 e. The molecule has 1 aromatic rings. The van der Waals surface area contributed by atoms with E-state index in [0.717, 1.165) is 17.9 Å². The molecule has 0 radical (unpaired) electrons. The molecule has 0 atom stereocenters. The van der Waals surface area contributed by atoms with E-state index in [4.69, 9.17) is 0 Å². The molecule has 0 bridgehead atoms. The van der Waals surface area contributed by atoms with Gasteiger partial charge in [-0.15, -0.1) is 0 Å². The van der Waals surface area contributed by atoms with Gasteiger partial charge in [0, 0.05) is 13.1 Å². The van der Waals surface area contributed by atoms with E-state index >= 15 is 0 Å². The topological polar surface area (TPSA) is 58.1 Å². The van der Waals surface area contributed by atoms with Gasteiger partial charge in [0.15, 0.2) is 0 Å². The number of nitrogens with zero attached hydrogens (tertiary/aromatic N) is 3. The van der Waals surface area contributed by atoms with Crippen LogP contribution in [-0.2, 0) is 0 Å². The lowest BCUT2D eigenvalue weighted by Gasteiger charge is -2.12. The summed E-state index contributed by atoms with van der Waals surface area (Å²) in [6.07, 6.45) is 0. The first-order valence-electron chi connectivity index (χ1n) is 5.66. The van der Waals surface area contributed by atoms with Crippen LogP contribution in [0.5, 0.6) is 0 Å². The average molecular weight is 236 g/mol. The zero-order chi connectivity index (χ0) is 13.0. The van der Waals surface area contributed by atoms with Crippen molar-refractivity contribution in [1.29, 1.82) is 0 Å². The van der Waals surface area contributed by atoms with Crippen LogP contribution in [0.25, 0.3) is 0 Å². The standard InChI is InChI=1S/C12H20N4O/c1-8-11(9(2)15-10(3)14-8)12(17)13-6-7-16(4)5/h6-7H2,1-5H3,(H,13,17). The van der Waals surface area contributed by atoms with E-state index in [9.17, 15) is 4.79 Å². The fourth-order valence-corrected chi connectivity index (χ4v) is 1.69. The van der Waals surface area contributed by atoms with Crippen LogP contribution >= 0.6 is 0 Å². The van der Waals surface area contributed by atoms with Gasteiger partial charge in [-0.25, -0.2) is 9.97 Å². The summed E-state index contributed by atoms with van der Waals surface area (Å²) >= 11 is 0. The smallest absolute Gasteiger partial charge is 0.255 e. The molecule has 0 aromatic carbocycles. The predicted octanol–water partition coefficient (Wildman–Crippen LogP) is 0.693. The van der Waals surface area contributed by atoms with E-state index in [1.54, 1.807) is 0 Å². The van der Waals surface area contributed by atoms with Crippen LogP contribution in [0.15, 0.2) is 0 Å². The van der Waals surface area contributed by atoms with E-state index < -0.39 is 0 Å². The molecule has 17 heavy (non-hydrogen) atoms. The fraction of sp³-hybridized carbons (Fsp3) is 0.583. The SMILES string of the molecule is Cc1nc(C)c(C(=O)NCCN(C)C)c(C)n1. The number of aryl methyl sites for hydroxylation is 3. The molecule has 94 valence electrons. The summed E-state index contributed by atoms with van der Waals surface area (Å²) in [6.45, 7) is 6.94. The van der Waals surface area contributed by atoms with E-state index in [1.807, 2.05) is 39.8 Å². The van der Waals surface area contributed by atoms with Gasteiger partial charge in [0.05, 0.1) is 17.0 Å². The highest BCUT2D eigenvalue weighted by atomic mass is 16.1. The molecule has 0 saturated carbocycles. The molecule has 5 nitrogen and oxygen atoms in total. The van der Waals surface area contributed by atoms with E-state index in [1.165, 1.54) is 0 Å². The Morgan fingerprint density at radius 2 is 1.71 bits per heavy atom. The van der Waals surface area contributed by atoms with Crippen LogP contribution in [0.3, 0.4) is 0 Å². The van der Waals surface area contributed by atoms with Crippen molar-refractivity contribution in [3.8, 4) is 0 Å². The number of carbonyl (C=O) groups excluding carboxylic acids is 1. The Morgan fingerprint density at radius 1 is 1.18 bits per heavy atom. The highest BCUT2D eigenvalue weighted by Crippen LogP contribution is 2.09. The monoisotopic (exact) mass is 236 g/mol. The van der Waals surface area contributed by atoms with Gasteiger partial charge in [-0.1, -0.05) is 0 Å². The molecular weight excluding hydrogens is 216 g/mol. The summed E-state index contributed by atoms with van der Waals surface area (Å²) in [7, 11) is 3.94. The molecule has 0 fully saturated rings. The molecule has 1 aromatic heterocycles. The molecular formula is C12H20N4O. The summed E-state index contributed by atoms with van der Waals surface area (Å²) in [4.78, 5) is 22.4. The van der Waals surface area contributed by atoms with Crippen molar-refractivity contribution in [2.75, 3.05) is 27.2 Å². The number of aromatic nitrogens is 2. The number of nitrogens with one attached hydrogen (secondary N) is 1. The van der Waals surface area contributed by atoms with Crippen molar-refractivity contribution in [2.24, 2.45) is 0 Å². The molecule has 0 aliphatic rings. The number of carbonyl (C=O) groups is 1. The second-order valence-electron chi connectivity index (χ2n) is 4.38. The van der Waals surface area contributed by atoms with Crippen molar-refractivity contribution in [3.05, 3.63) is 22.8 Å². The second kappa shape index (κ2) is 5.72. The van der Waals surface area contributed by atoms with Crippen molar-refractivity contribution in [3.63, 3.8) is 0 Å². The number of hydrogen-bond donors (Lipinski definition) is 1. The molecule has 1 rings (SSSR count). The van der Waals surface area contributed by atoms with E-state index in [2.05, 4.69) is 15.3 Å². The minimum atomic E-state index is -0.0955. The highest BCUT2D eigenvalue weighted by Gasteiger charge is 2.14. The van der Waals surface area contributed by atoms with Gasteiger partial charge >= 0.3 is 0 Å². The Balaban J connectivity index is 2.76. The zero-order valence-corrected chi connectivity index (χ0v) is 11.2. The summed E-state index contributed by atoms with van der Waals surface area (Å²) in [5.41, 5.74) is 2.06. The summed E-state index contributed by atoms with van der Waals surface area (Å²) in [5, 5.41) is 2.87. The Bertz CT molecular complexity index is 392. The van der Waals surface area contributed by atoms with Gasteiger partial charge in [0.2, 0.25) is 0 Å². The van der Waals surface area contributed by atoms with Gasteiger partial charge < -0.3 is 10.2 Å². The average Bonchev–Trinajstić information content (AvgIpc) is 2.14. The molecule has 0 saturated heterocycles. The Labute approximate surface area is 102 Å². The Hall–Kier alpha value is -1.49. The number of rotatable bonds is 4. The number of likely N-dealkylation sites (N-methyl/N-ethyl adjacent to an activating group) is 1. The van der Waals surface area contributed by atoms with Crippen molar-refractivity contribution < 1.29 is 4.79 Å². The van der Waals surface area contributed by atoms with Crippen LogP contribution in [-0.4, -0.2) is 48.0 Å². The van der Waals surface area contributed by atoms with Crippen LogP contribution in [0, 0.1) is 20.8 Å². The summed E-state index contributed by atoms with van der Waals surface area (Å²) in [6, 6.07) is 0. The molecule has 1 N–H and O–H groups in total. The third kappa shape index (κ3) is 3.78. The van der Waals surface area contributed by atoms with Gasteiger partial charge in [0.1, 0.15) is 5.82 Å². The first kappa shape index (κ1) is 13.6. The van der Waals surface area contributed by atoms with E-state index in [0.29, 0.717) is 17.9 Å². The number of amides is 1. The Morgan fingerprint density at radius 3 is 2.18 bits per heavy atom. The normalized spacial score (nSPS) is 10.7. The maximum absolute atomic E-state index is 12.0. The van der Waals surface area contributed by atoms with Gasteiger partial charge in [0.25, 0.3) is 5.91 Å². The molecule has 1 heterocycles.